The maximum atomic E-state index is 9.56. The third-order valence-corrected chi connectivity index (χ3v) is 3.25. The molecule has 0 unspecified atom stereocenters. The van der Waals surface area contributed by atoms with Crippen LogP contribution in [-0.2, 0) is 0 Å². The van der Waals surface area contributed by atoms with Gasteiger partial charge in [-0.2, -0.15) is 0 Å². The number of aliphatic hydroxyl groups excluding tert-OH is 1. The lowest BCUT2D eigenvalue weighted by atomic mass is 9.94. The van der Waals surface area contributed by atoms with E-state index in [0.29, 0.717) is 0 Å². The summed E-state index contributed by atoms with van der Waals surface area (Å²) in [5, 5.41) is 16.1. The van der Waals surface area contributed by atoms with Crippen LogP contribution in [0, 0.1) is 6.92 Å². The highest BCUT2D eigenvalue weighted by Crippen LogP contribution is 2.22. The first-order valence-corrected chi connectivity index (χ1v) is 6.57. The standard InChI is InChI=1S/C13H24N4O/c1-5-13(6-2,9-18)17-12-8-11(14-7-3)15-10(4)16-12/h8,18H,5-7,9H2,1-4H3,(H2,14,15,16,17). The summed E-state index contributed by atoms with van der Waals surface area (Å²) in [6.07, 6.45) is 1.69. The number of aliphatic hydroxyl groups is 1. The first-order chi connectivity index (χ1) is 8.59. The minimum absolute atomic E-state index is 0.0968. The first-order valence-electron chi connectivity index (χ1n) is 6.57. The normalized spacial score (nSPS) is 11.4. The summed E-state index contributed by atoms with van der Waals surface area (Å²) >= 11 is 0. The van der Waals surface area contributed by atoms with Gasteiger partial charge in [0.25, 0.3) is 0 Å². The highest BCUT2D eigenvalue weighted by Gasteiger charge is 2.25. The van der Waals surface area contributed by atoms with Gasteiger partial charge in [0.2, 0.25) is 0 Å². The van der Waals surface area contributed by atoms with Crippen LogP contribution < -0.4 is 10.6 Å². The Hall–Kier alpha value is -1.36. The van der Waals surface area contributed by atoms with E-state index in [1.54, 1.807) is 0 Å². The van der Waals surface area contributed by atoms with Crippen LogP contribution in [0.2, 0.25) is 0 Å². The molecule has 0 aliphatic heterocycles. The van der Waals surface area contributed by atoms with Gasteiger partial charge in [-0.25, -0.2) is 9.97 Å². The van der Waals surface area contributed by atoms with Crippen molar-refractivity contribution in [3.63, 3.8) is 0 Å². The van der Waals surface area contributed by atoms with Crippen molar-refractivity contribution in [2.45, 2.75) is 46.1 Å². The van der Waals surface area contributed by atoms with Gasteiger partial charge < -0.3 is 15.7 Å². The number of nitrogens with zero attached hydrogens (tertiary/aromatic N) is 2. The molecule has 5 heteroatoms. The summed E-state index contributed by atoms with van der Waals surface area (Å²) in [4.78, 5) is 8.68. The lowest BCUT2D eigenvalue weighted by molar-refractivity contribution is 0.202. The first kappa shape index (κ1) is 14.7. The van der Waals surface area contributed by atoms with Crippen molar-refractivity contribution in [3.8, 4) is 0 Å². The fourth-order valence-electron chi connectivity index (χ4n) is 1.86. The molecule has 0 aliphatic rings. The second-order valence-corrected chi connectivity index (χ2v) is 4.49. The molecule has 0 amide bonds. The molecular formula is C13H24N4O. The Kier molecular flexibility index (Phi) is 5.34. The summed E-state index contributed by atoms with van der Waals surface area (Å²) in [6.45, 7) is 8.94. The summed E-state index contributed by atoms with van der Waals surface area (Å²) < 4.78 is 0. The van der Waals surface area contributed by atoms with Crippen LogP contribution in [0.4, 0.5) is 11.6 Å². The molecule has 1 heterocycles. The maximum absolute atomic E-state index is 9.56. The molecule has 0 fully saturated rings. The fraction of sp³-hybridized carbons (Fsp3) is 0.692. The largest absolute Gasteiger partial charge is 0.394 e. The Balaban J connectivity index is 2.95. The molecule has 0 bridgehead atoms. The second kappa shape index (κ2) is 6.54. The molecule has 0 atom stereocenters. The molecule has 1 rings (SSSR count). The summed E-state index contributed by atoms with van der Waals surface area (Å²) in [5.74, 6) is 2.29. The van der Waals surface area contributed by atoms with Gasteiger partial charge in [-0.1, -0.05) is 13.8 Å². The summed E-state index contributed by atoms with van der Waals surface area (Å²) in [5.41, 5.74) is -0.301. The van der Waals surface area contributed by atoms with E-state index >= 15 is 0 Å². The van der Waals surface area contributed by atoms with Crippen molar-refractivity contribution in [1.29, 1.82) is 0 Å². The summed E-state index contributed by atoms with van der Waals surface area (Å²) in [7, 11) is 0. The highest BCUT2D eigenvalue weighted by atomic mass is 16.3. The number of aromatic nitrogens is 2. The van der Waals surface area contributed by atoms with Gasteiger partial charge in [0.1, 0.15) is 17.5 Å². The Labute approximate surface area is 109 Å². The Bertz CT molecular complexity index is 369. The Morgan fingerprint density at radius 3 is 2.28 bits per heavy atom. The third-order valence-electron chi connectivity index (χ3n) is 3.25. The molecule has 0 spiro atoms. The van der Waals surface area contributed by atoms with E-state index in [1.165, 1.54) is 0 Å². The molecule has 5 nitrogen and oxygen atoms in total. The lowest BCUT2D eigenvalue weighted by Gasteiger charge is -2.31. The van der Waals surface area contributed by atoms with Crippen molar-refractivity contribution in [2.75, 3.05) is 23.8 Å². The molecule has 0 radical (unpaired) electrons. The smallest absolute Gasteiger partial charge is 0.132 e. The molecule has 0 aliphatic carbocycles. The third kappa shape index (κ3) is 3.57. The molecule has 0 saturated heterocycles. The summed E-state index contributed by atoms with van der Waals surface area (Å²) in [6, 6.07) is 1.88. The zero-order chi connectivity index (χ0) is 13.6. The van der Waals surface area contributed by atoms with Gasteiger partial charge in [-0.3, -0.25) is 0 Å². The maximum Gasteiger partial charge on any atom is 0.132 e. The van der Waals surface area contributed by atoms with E-state index in [2.05, 4.69) is 34.4 Å². The van der Waals surface area contributed by atoms with Crippen LogP contribution in [0.3, 0.4) is 0 Å². The van der Waals surface area contributed by atoms with E-state index in [9.17, 15) is 5.11 Å². The predicted octanol–water partition coefficient (Wildman–Crippen LogP) is 2.18. The van der Waals surface area contributed by atoms with Crippen LogP contribution in [0.1, 0.15) is 39.4 Å². The molecule has 1 aromatic heterocycles. The van der Waals surface area contributed by atoms with E-state index in [-0.39, 0.29) is 12.1 Å². The highest BCUT2D eigenvalue weighted by molar-refractivity contribution is 5.49. The fourth-order valence-corrected chi connectivity index (χ4v) is 1.86. The van der Waals surface area contributed by atoms with Gasteiger partial charge >= 0.3 is 0 Å². The average Bonchev–Trinajstić information content (AvgIpc) is 2.36. The molecule has 3 N–H and O–H groups in total. The topological polar surface area (TPSA) is 70.1 Å². The van der Waals surface area contributed by atoms with E-state index in [4.69, 9.17) is 0 Å². The number of nitrogens with one attached hydrogen (secondary N) is 2. The second-order valence-electron chi connectivity index (χ2n) is 4.49. The van der Waals surface area contributed by atoms with E-state index in [0.717, 1.165) is 36.8 Å². The number of rotatable bonds is 7. The molecule has 1 aromatic rings. The average molecular weight is 252 g/mol. The van der Waals surface area contributed by atoms with Crippen LogP contribution in [0.5, 0.6) is 0 Å². The molecular weight excluding hydrogens is 228 g/mol. The predicted molar refractivity (Wildman–Crippen MR) is 75.0 cm³/mol. The van der Waals surface area contributed by atoms with Crippen LogP contribution >= 0.6 is 0 Å². The van der Waals surface area contributed by atoms with Crippen LogP contribution in [-0.4, -0.2) is 33.8 Å². The quantitative estimate of drug-likeness (QED) is 0.694. The Morgan fingerprint density at radius 2 is 1.78 bits per heavy atom. The Morgan fingerprint density at radius 1 is 1.17 bits per heavy atom. The molecule has 0 saturated carbocycles. The van der Waals surface area contributed by atoms with Gasteiger partial charge in [-0.15, -0.1) is 0 Å². The van der Waals surface area contributed by atoms with Crippen molar-refractivity contribution in [1.82, 2.24) is 9.97 Å². The van der Waals surface area contributed by atoms with Gasteiger partial charge in [0.15, 0.2) is 0 Å². The minimum atomic E-state index is -0.301. The van der Waals surface area contributed by atoms with E-state index < -0.39 is 0 Å². The number of hydrogen-bond acceptors (Lipinski definition) is 5. The number of aryl methyl sites for hydroxylation is 1. The van der Waals surface area contributed by atoms with Gasteiger partial charge in [0.05, 0.1) is 12.1 Å². The van der Waals surface area contributed by atoms with Crippen molar-refractivity contribution in [2.24, 2.45) is 0 Å². The molecule has 18 heavy (non-hydrogen) atoms. The lowest BCUT2D eigenvalue weighted by Crippen LogP contribution is -2.41. The van der Waals surface area contributed by atoms with Crippen LogP contribution in [0.25, 0.3) is 0 Å². The van der Waals surface area contributed by atoms with Crippen molar-refractivity contribution < 1.29 is 5.11 Å². The monoisotopic (exact) mass is 252 g/mol. The van der Waals surface area contributed by atoms with Gasteiger partial charge in [0, 0.05) is 12.6 Å². The van der Waals surface area contributed by atoms with E-state index in [1.807, 2.05) is 19.9 Å². The zero-order valence-corrected chi connectivity index (χ0v) is 11.7. The number of anilines is 2. The van der Waals surface area contributed by atoms with Crippen LogP contribution in [0.15, 0.2) is 6.07 Å². The van der Waals surface area contributed by atoms with Crippen molar-refractivity contribution >= 4 is 11.6 Å². The molecule has 102 valence electrons. The van der Waals surface area contributed by atoms with Crippen molar-refractivity contribution in [3.05, 3.63) is 11.9 Å². The molecule has 0 aromatic carbocycles. The van der Waals surface area contributed by atoms with Gasteiger partial charge in [-0.05, 0) is 26.7 Å². The minimum Gasteiger partial charge on any atom is -0.394 e. The number of hydrogen-bond donors (Lipinski definition) is 3. The SMILES string of the molecule is CCNc1cc(NC(CC)(CC)CO)nc(C)n1. The zero-order valence-electron chi connectivity index (χ0n) is 11.7.